The number of oxime groups is 1. The van der Waals surface area contributed by atoms with Crippen LogP contribution in [0.4, 0.5) is 13.2 Å². The molecule has 2 N–H and O–H groups in total. The summed E-state index contributed by atoms with van der Waals surface area (Å²) in [4.78, 5) is 36.4. The average Bonchev–Trinajstić information content (AvgIpc) is 3.60. The van der Waals surface area contributed by atoms with Gasteiger partial charge in [0.2, 0.25) is 5.60 Å². The number of carbonyl (C=O) groups is 2. The molecule has 0 spiro atoms. The minimum atomic E-state index is -4.68. The van der Waals surface area contributed by atoms with Gasteiger partial charge >= 0.3 is 13.3 Å². The van der Waals surface area contributed by atoms with Crippen molar-refractivity contribution in [2.24, 2.45) is 28.3 Å². The normalized spacial score (nSPS) is 29.8. The van der Waals surface area contributed by atoms with Crippen LogP contribution < -0.4 is 10.6 Å². The summed E-state index contributed by atoms with van der Waals surface area (Å²) in [5.74, 6) is -0.432. The maximum absolute atomic E-state index is 14.3. The van der Waals surface area contributed by atoms with Gasteiger partial charge in [0.1, 0.15) is 11.4 Å². The average molecular weight is 655 g/mol. The summed E-state index contributed by atoms with van der Waals surface area (Å²) in [6.07, 6.45) is -1.80. The second-order valence-corrected chi connectivity index (χ2v) is 14.7. The Morgan fingerprint density at radius 1 is 1.06 bits per heavy atom. The van der Waals surface area contributed by atoms with E-state index >= 15 is 0 Å². The fourth-order valence-electron chi connectivity index (χ4n) is 7.97. The van der Waals surface area contributed by atoms with Crippen LogP contribution in [0.1, 0.15) is 82.0 Å². The van der Waals surface area contributed by atoms with E-state index in [9.17, 15) is 22.8 Å². The van der Waals surface area contributed by atoms with E-state index in [0.717, 1.165) is 30.5 Å². The number of nitrogens with zero attached hydrogens (tertiary/aromatic N) is 2. The van der Waals surface area contributed by atoms with Crippen LogP contribution in [-0.2, 0) is 31.5 Å². The van der Waals surface area contributed by atoms with Gasteiger partial charge in [0, 0.05) is 12.8 Å². The molecule has 1 aromatic carbocycles. The Hall–Kier alpha value is -3.45. The highest BCUT2D eigenvalue weighted by Crippen LogP contribution is 2.65. The van der Waals surface area contributed by atoms with Gasteiger partial charge in [-0.15, -0.1) is 0 Å². The lowest BCUT2D eigenvalue weighted by Gasteiger charge is -2.64. The zero-order valence-corrected chi connectivity index (χ0v) is 27.4. The fraction of sp³-hybridized carbons (Fsp3) is 0.588. The van der Waals surface area contributed by atoms with Crippen LogP contribution in [0.25, 0.3) is 0 Å². The van der Waals surface area contributed by atoms with E-state index in [2.05, 4.69) is 55.4 Å². The van der Waals surface area contributed by atoms with Crippen molar-refractivity contribution in [1.82, 2.24) is 15.6 Å². The lowest BCUT2D eigenvalue weighted by atomic mass is 9.43. The standard InChI is InChI=1S/C34H42BF3N4O5/c1-20(2)14-28(35-45-27-16-22-15-25(31(22,3)4)32(27,5)46-35)41-30(44)33(17-21-10-7-6-8-11-21)18-23(42-47-33)19-39-29(43)24-12-9-13-26(40-24)34(36,37)38/h6-13,20,22,25,27-28H,14-19H2,1-5H3,(H,39,43)(H,41,44)/t22-,25-,27+,28-,32-,33?/m0/s1. The van der Waals surface area contributed by atoms with Gasteiger partial charge in [0.05, 0.1) is 29.9 Å². The molecule has 3 heterocycles. The Morgan fingerprint density at radius 3 is 2.49 bits per heavy atom. The predicted octanol–water partition coefficient (Wildman–Crippen LogP) is 5.39. The fourth-order valence-corrected chi connectivity index (χ4v) is 7.97. The highest BCUT2D eigenvalue weighted by atomic mass is 19.4. The summed E-state index contributed by atoms with van der Waals surface area (Å²) in [6, 6.07) is 12.5. The third kappa shape index (κ3) is 6.40. The topological polar surface area (TPSA) is 111 Å². The Morgan fingerprint density at radius 2 is 1.81 bits per heavy atom. The molecule has 6 atom stereocenters. The number of rotatable bonds is 10. The lowest BCUT2D eigenvalue weighted by Crippen LogP contribution is -2.65. The third-order valence-corrected chi connectivity index (χ3v) is 10.6. The van der Waals surface area contributed by atoms with Gasteiger partial charge in [0.15, 0.2) is 0 Å². The second-order valence-electron chi connectivity index (χ2n) is 14.7. The molecular formula is C34H42BF3N4O5. The Balaban J connectivity index is 1.17. The molecule has 7 rings (SSSR count). The first-order chi connectivity index (χ1) is 22.1. The molecule has 252 valence electrons. The summed E-state index contributed by atoms with van der Waals surface area (Å²) < 4.78 is 52.7. The molecule has 47 heavy (non-hydrogen) atoms. The first-order valence-electron chi connectivity index (χ1n) is 16.4. The molecule has 5 aliphatic rings. The number of hydrogen-bond donors (Lipinski definition) is 2. The number of nitrogens with one attached hydrogen (secondary N) is 2. The van der Waals surface area contributed by atoms with E-state index in [1.165, 1.54) is 6.07 Å². The van der Waals surface area contributed by atoms with Gasteiger partial charge in [-0.25, -0.2) is 4.98 Å². The minimum absolute atomic E-state index is 0.0401. The molecule has 9 nitrogen and oxygen atoms in total. The van der Waals surface area contributed by atoms with Crippen LogP contribution in [-0.4, -0.2) is 59.4 Å². The van der Waals surface area contributed by atoms with Gasteiger partial charge in [-0.1, -0.05) is 69.2 Å². The number of halogens is 3. The summed E-state index contributed by atoms with van der Waals surface area (Å²) in [5, 5.41) is 9.95. The van der Waals surface area contributed by atoms with Crippen LogP contribution in [0.5, 0.6) is 0 Å². The van der Waals surface area contributed by atoms with Crippen LogP contribution in [0.15, 0.2) is 53.7 Å². The highest BCUT2D eigenvalue weighted by molar-refractivity contribution is 6.48. The van der Waals surface area contributed by atoms with E-state index < -0.39 is 42.0 Å². The molecule has 2 aromatic rings. The summed E-state index contributed by atoms with van der Waals surface area (Å²) in [5.41, 5.74) is -2.00. The van der Waals surface area contributed by atoms with E-state index in [1.807, 2.05) is 30.3 Å². The smallest absolute Gasteiger partial charge is 0.404 e. The van der Waals surface area contributed by atoms with Gasteiger partial charge in [-0.2, -0.15) is 13.2 Å². The van der Waals surface area contributed by atoms with Crippen molar-refractivity contribution in [3.05, 3.63) is 65.5 Å². The van der Waals surface area contributed by atoms with Crippen molar-refractivity contribution in [2.45, 2.75) is 96.1 Å². The van der Waals surface area contributed by atoms with Crippen LogP contribution in [0.3, 0.4) is 0 Å². The summed E-state index contributed by atoms with van der Waals surface area (Å²) in [7, 11) is -0.624. The van der Waals surface area contributed by atoms with E-state index in [-0.39, 0.29) is 48.4 Å². The molecule has 2 bridgehead atoms. The number of alkyl halides is 3. The van der Waals surface area contributed by atoms with E-state index in [0.29, 0.717) is 24.0 Å². The SMILES string of the molecule is CC(C)C[C@H](NC(=O)C1(Cc2ccccc2)CC(CNC(=O)c2cccc(C(F)(F)F)n2)=NO1)B1O[C@@H]2C[C@@H]3C[C@@H](C3(C)C)[C@]2(C)O1. The molecule has 1 aromatic heterocycles. The molecular weight excluding hydrogens is 612 g/mol. The maximum Gasteiger partial charge on any atom is 0.481 e. The zero-order valence-electron chi connectivity index (χ0n) is 27.4. The van der Waals surface area contributed by atoms with Crippen molar-refractivity contribution in [2.75, 3.05) is 6.54 Å². The summed E-state index contributed by atoms with van der Waals surface area (Å²) in [6.45, 7) is 10.8. The van der Waals surface area contributed by atoms with Gasteiger partial charge in [0.25, 0.3) is 11.8 Å². The molecule has 1 unspecified atom stereocenters. The molecule has 13 heteroatoms. The van der Waals surface area contributed by atoms with Gasteiger partial charge in [-0.3, -0.25) is 9.59 Å². The quantitative estimate of drug-likeness (QED) is 0.333. The van der Waals surface area contributed by atoms with Crippen LogP contribution >= 0.6 is 0 Å². The highest BCUT2D eigenvalue weighted by Gasteiger charge is 2.68. The largest absolute Gasteiger partial charge is 0.481 e. The molecule has 4 fully saturated rings. The van der Waals surface area contributed by atoms with E-state index in [4.69, 9.17) is 14.1 Å². The van der Waals surface area contributed by atoms with Gasteiger partial charge in [-0.05, 0) is 67.1 Å². The van der Waals surface area contributed by atoms with Gasteiger partial charge < -0.3 is 24.8 Å². The van der Waals surface area contributed by atoms with Crippen molar-refractivity contribution < 1.29 is 36.9 Å². The monoisotopic (exact) mass is 654 g/mol. The molecule has 2 amide bonds. The minimum Gasteiger partial charge on any atom is -0.404 e. The number of hydrogen-bond acceptors (Lipinski definition) is 7. The first kappa shape index (κ1) is 33.5. The molecule has 3 saturated carbocycles. The van der Waals surface area contributed by atoms with Crippen molar-refractivity contribution in [3.8, 4) is 0 Å². The second kappa shape index (κ2) is 12.2. The van der Waals surface area contributed by atoms with Crippen LogP contribution in [0, 0.1) is 23.2 Å². The number of benzene rings is 1. The number of pyridine rings is 1. The van der Waals surface area contributed by atoms with Crippen molar-refractivity contribution >= 4 is 24.6 Å². The Kier molecular flexibility index (Phi) is 8.70. The molecule has 0 radical (unpaired) electrons. The van der Waals surface area contributed by atoms with Crippen LogP contribution in [0.2, 0.25) is 0 Å². The predicted molar refractivity (Wildman–Crippen MR) is 169 cm³/mol. The zero-order chi connectivity index (χ0) is 33.8. The lowest BCUT2D eigenvalue weighted by molar-refractivity contribution is -0.199. The maximum atomic E-state index is 14.3. The number of amides is 2. The van der Waals surface area contributed by atoms with Crippen molar-refractivity contribution in [3.63, 3.8) is 0 Å². The Bertz CT molecular complexity index is 1540. The third-order valence-electron chi connectivity index (χ3n) is 10.6. The first-order valence-corrected chi connectivity index (χ1v) is 16.4. The molecule has 3 aliphatic carbocycles. The number of aromatic nitrogens is 1. The number of carbonyl (C=O) groups excluding carboxylic acids is 2. The van der Waals surface area contributed by atoms with E-state index in [1.54, 1.807) is 0 Å². The molecule has 2 aliphatic heterocycles. The van der Waals surface area contributed by atoms with Crippen molar-refractivity contribution in [1.29, 1.82) is 0 Å². The summed E-state index contributed by atoms with van der Waals surface area (Å²) >= 11 is 0. The molecule has 1 saturated heterocycles. The Labute approximate surface area is 273 Å².